The smallest absolute Gasteiger partial charge is 0.230 e. The number of thioether (sulfide) groups is 1. The monoisotopic (exact) mass is 268 g/mol. The van der Waals surface area contributed by atoms with Gasteiger partial charge in [0.1, 0.15) is 5.82 Å². The Morgan fingerprint density at radius 1 is 1.67 bits per heavy atom. The van der Waals surface area contributed by atoms with Gasteiger partial charge in [-0.2, -0.15) is 0 Å². The van der Waals surface area contributed by atoms with Crippen molar-refractivity contribution in [1.82, 2.24) is 20.5 Å². The van der Waals surface area contributed by atoms with Gasteiger partial charge in [0.15, 0.2) is 0 Å². The predicted molar refractivity (Wildman–Crippen MR) is 66.2 cm³/mol. The lowest BCUT2D eigenvalue weighted by atomic mass is 9.76. The van der Waals surface area contributed by atoms with E-state index >= 15 is 0 Å². The van der Waals surface area contributed by atoms with Gasteiger partial charge in [-0.25, -0.2) is 4.98 Å². The Morgan fingerprint density at radius 2 is 2.56 bits per heavy atom. The number of amides is 1. The number of rotatable bonds is 4. The summed E-state index contributed by atoms with van der Waals surface area (Å²) in [6.45, 7) is 2.68. The maximum atomic E-state index is 11.8. The summed E-state index contributed by atoms with van der Waals surface area (Å²) in [5.74, 6) is 1.72. The van der Waals surface area contributed by atoms with E-state index in [4.69, 9.17) is 4.74 Å². The molecule has 3 unspecified atom stereocenters. The summed E-state index contributed by atoms with van der Waals surface area (Å²) in [5.41, 5.74) is 0. The average molecular weight is 268 g/mol. The number of hydrogen-bond donors (Lipinski definition) is 2. The molecule has 3 rings (SSSR count). The Morgan fingerprint density at radius 3 is 3.28 bits per heavy atom. The minimum absolute atomic E-state index is 0.0535. The summed E-state index contributed by atoms with van der Waals surface area (Å²) in [6.07, 6.45) is 2.42. The van der Waals surface area contributed by atoms with Crippen LogP contribution in [0.4, 0.5) is 0 Å². The predicted octanol–water partition coefficient (Wildman–Crippen LogP) is 0.499. The molecular weight excluding hydrogens is 252 g/mol. The van der Waals surface area contributed by atoms with Crippen molar-refractivity contribution in [3.63, 3.8) is 0 Å². The lowest BCUT2D eigenvalue weighted by molar-refractivity contribution is -0.121. The number of nitrogens with one attached hydrogen (secondary N) is 2. The highest BCUT2D eigenvalue weighted by Gasteiger charge is 2.45. The molecule has 3 atom stereocenters. The van der Waals surface area contributed by atoms with Crippen molar-refractivity contribution in [2.45, 2.75) is 37.1 Å². The Bertz CT molecular complexity index is 450. The summed E-state index contributed by atoms with van der Waals surface area (Å²) in [7, 11) is 0. The molecule has 0 aromatic carbocycles. The lowest BCUT2D eigenvalue weighted by Gasteiger charge is -2.39. The van der Waals surface area contributed by atoms with Crippen molar-refractivity contribution >= 4 is 17.7 Å². The van der Waals surface area contributed by atoms with Crippen LogP contribution in [0.25, 0.3) is 0 Å². The molecule has 1 aliphatic carbocycles. The first-order chi connectivity index (χ1) is 8.72. The Balaban J connectivity index is 1.42. The number of carbonyl (C=O) groups is 1. The van der Waals surface area contributed by atoms with E-state index < -0.39 is 0 Å². The van der Waals surface area contributed by atoms with E-state index in [2.05, 4.69) is 20.5 Å². The van der Waals surface area contributed by atoms with Crippen molar-refractivity contribution in [3.05, 3.63) is 5.82 Å². The van der Waals surface area contributed by atoms with Gasteiger partial charge >= 0.3 is 0 Å². The molecule has 6 nitrogen and oxygen atoms in total. The minimum atomic E-state index is 0.0535. The highest BCUT2D eigenvalue weighted by Crippen LogP contribution is 2.38. The number of fused-ring (bicyclic) bond motifs is 1. The molecule has 0 spiro atoms. The maximum Gasteiger partial charge on any atom is 0.230 e. The molecule has 7 heteroatoms. The van der Waals surface area contributed by atoms with Crippen LogP contribution in [0.3, 0.4) is 0 Å². The summed E-state index contributed by atoms with van der Waals surface area (Å²) < 4.78 is 5.52. The van der Waals surface area contributed by atoms with Crippen LogP contribution in [0.2, 0.25) is 0 Å². The van der Waals surface area contributed by atoms with Gasteiger partial charge in [0, 0.05) is 18.6 Å². The van der Waals surface area contributed by atoms with E-state index in [0.717, 1.165) is 25.3 Å². The topological polar surface area (TPSA) is 79.9 Å². The van der Waals surface area contributed by atoms with E-state index in [1.54, 1.807) is 0 Å². The molecule has 1 saturated carbocycles. The third-order valence-electron chi connectivity index (χ3n) is 3.52. The van der Waals surface area contributed by atoms with E-state index in [1.807, 2.05) is 6.92 Å². The van der Waals surface area contributed by atoms with E-state index in [0.29, 0.717) is 29.0 Å². The average Bonchev–Trinajstić information content (AvgIpc) is 2.90. The molecule has 1 aliphatic heterocycles. The number of ether oxygens (including phenoxy) is 1. The molecule has 1 aromatic rings. The molecule has 18 heavy (non-hydrogen) atoms. The van der Waals surface area contributed by atoms with Gasteiger partial charge in [0.05, 0.1) is 11.9 Å². The normalized spacial score (nSPS) is 29.7. The molecule has 0 radical (unpaired) electrons. The first-order valence-electron chi connectivity index (χ1n) is 6.15. The number of carbonyl (C=O) groups excluding carboxylic acids is 1. The van der Waals surface area contributed by atoms with E-state index in [1.165, 1.54) is 11.8 Å². The molecule has 1 aromatic heterocycles. The van der Waals surface area contributed by atoms with Gasteiger partial charge in [0.25, 0.3) is 0 Å². The third kappa shape index (κ3) is 2.37. The van der Waals surface area contributed by atoms with E-state index in [9.17, 15) is 4.79 Å². The fourth-order valence-electron chi connectivity index (χ4n) is 2.53. The number of aromatic nitrogens is 3. The van der Waals surface area contributed by atoms with Crippen molar-refractivity contribution in [3.8, 4) is 0 Å². The van der Waals surface area contributed by atoms with Crippen molar-refractivity contribution in [1.29, 1.82) is 0 Å². The number of nitrogens with zero attached hydrogens (tertiary/aromatic N) is 2. The SMILES string of the molecule is Cc1nc(SCC(=O)NC2CC3OCCC23)n[nH]1. The van der Waals surface area contributed by atoms with Crippen LogP contribution in [-0.4, -0.2) is 45.6 Å². The van der Waals surface area contributed by atoms with Crippen LogP contribution in [0, 0.1) is 12.8 Å². The zero-order valence-corrected chi connectivity index (χ0v) is 11.0. The summed E-state index contributed by atoms with van der Waals surface area (Å²) in [5, 5.41) is 10.4. The number of hydrogen-bond acceptors (Lipinski definition) is 5. The molecule has 1 saturated heterocycles. The standard InChI is InChI=1S/C11H16N4O2S/c1-6-12-11(15-14-6)18-5-10(16)13-8-4-9-7(8)2-3-17-9/h7-9H,2-5H2,1H3,(H,13,16)(H,12,14,15). The molecule has 0 bridgehead atoms. The second-order valence-electron chi connectivity index (χ2n) is 4.76. The fraction of sp³-hybridized carbons (Fsp3) is 0.727. The van der Waals surface area contributed by atoms with Gasteiger partial charge in [-0.3, -0.25) is 9.89 Å². The number of aromatic amines is 1. The van der Waals surface area contributed by atoms with Crippen LogP contribution in [0.1, 0.15) is 18.7 Å². The van der Waals surface area contributed by atoms with Crippen LogP contribution in [0.5, 0.6) is 0 Å². The highest BCUT2D eigenvalue weighted by molar-refractivity contribution is 7.99. The molecule has 1 amide bonds. The van der Waals surface area contributed by atoms with Gasteiger partial charge < -0.3 is 10.1 Å². The zero-order chi connectivity index (χ0) is 12.5. The highest BCUT2D eigenvalue weighted by atomic mass is 32.2. The first kappa shape index (κ1) is 12.0. The lowest BCUT2D eigenvalue weighted by Crippen LogP contribution is -2.53. The van der Waals surface area contributed by atoms with Gasteiger partial charge in [0.2, 0.25) is 11.1 Å². The fourth-order valence-corrected chi connectivity index (χ4v) is 3.18. The van der Waals surface area contributed by atoms with Crippen LogP contribution in [0.15, 0.2) is 5.16 Å². The Hall–Kier alpha value is -1.08. The van der Waals surface area contributed by atoms with Gasteiger partial charge in [-0.1, -0.05) is 11.8 Å². The summed E-state index contributed by atoms with van der Waals surface area (Å²) in [4.78, 5) is 15.9. The molecule has 2 heterocycles. The molecule has 2 N–H and O–H groups in total. The maximum absolute atomic E-state index is 11.8. The Kier molecular flexibility index (Phi) is 3.25. The summed E-state index contributed by atoms with van der Waals surface area (Å²) >= 11 is 1.35. The minimum Gasteiger partial charge on any atom is -0.378 e. The molecule has 98 valence electrons. The molecular formula is C11H16N4O2S. The van der Waals surface area contributed by atoms with Crippen LogP contribution in [-0.2, 0) is 9.53 Å². The van der Waals surface area contributed by atoms with Crippen LogP contribution >= 0.6 is 11.8 Å². The van der Waals surface area contributed by atoms with E-state index in [-0.39, 0.29) is 5.91 Å². The number of H-pyrrole nitrogens is 1. The quantitative estimate of drug-likeness (QED) is 0.777. The van der Waals surface area contributed by atoms with Crippen molar-refractivity contribution in [2.24, 2.45) is 5.92 Å². The first-order valence-corrected chi connectivity index (χ1v) is 7.13. The molecule has 2 aliphatic rings. The second kappa shape index (κ2) is 4.89. The van der Waals surface area contributed by atoms with Crippen LogP contribution < -0.4 is 5.32 Å². The third-order valence-corrected chi connectivity index (χ3v) is 4.37. The Labute approximate surface area is 109 Å². The van der Waals surface area contributed by atoms with Crippen molar-refractivity contribution in [2.75, 3.05) is 12.4 Å². The van der Waals surface area contributed by atoms with Gasteiger partial charge in [-0.15, -0.1) is 5.10 Å². The zero-order valence-electron chi connectivity index (χ0n) is 10.2. The van der Waals surface area contributed by atoms with Crippen molar-refractivity contribution < 1.29 is 9.53 Å². The van der Waals surface area contributed by atoms with Gasteiger partial charge in [-0.05, 0) is 19.8 Å². The second-order valence-corrected chi connectivity index (χ2v) is 5.71. The number of aryl methyl sites for hydroxylation is 1. The molecule has 2 fully saturated rings. The summed E-state index contributed by atoms with van der Waals surface area (Å²) in [6, 6.07) is 0.305. The largest absolute Gasteiger partial charge is 0.378 e.